The number of fused-ring (bicyclic) bond motifs is 3. The molecule has 47 heavy (non-hydrogen) atoms. The highest BCUT2D eigenvalue weighted by molar-refractivity contribution is 6.15. The molecule has 0 aliphatic rings. The summed E-state index contributed by atoms with van der Waals surface area (Å²) >= 11 is 0. The maximum atomic E-state index is 12.2. The Balaban J connectivity index is 1.47. The second-order valence-corrected chi connectivity index (χ2v) is 11.5. The van der Waals surface area contributed by atoms with Gasteiger partial charge in [0.25, 0.3) is 0 Å². The smallest absolute Gasteiger partial charge is 0.338 e. The number of anilines is 3. The zero-order valence-corrected chi connectivity index (χ0v) is 26.7. The number of hydrogen-bond acceptors (Lipinski definition) is 5. The van der Waals surface area contributed by atoms with Gasteiger partial charge in [-0.2, -0.15) is 0 Å². The van der Waals surface area contributed by atoms with Crippen molar-refractivity contribution >= 4 is 50.5 Å². The summed E-state index contributed by atoms with van der Waals surface area (Å²) < 4.78 is 10.7. The second-order valence-electron chi connectivity index (χ2n) is 11.5. The Bertz CT molecular complexity index is 2140. The molecule has 0 radical (unpaired) electrons. The van der Waals surface area contributed by atoms with Gasteiger partial charge in [-0.1, -0.05) is 80.7 Å². The topological polar surface area (TPSA) is 55.8 Å². The average molecular weight is 618 g/mol. The van der Waals surface area contributed by atoms with Crippen molar-refractivity contribution in [3.8, 4) is 22.6 Å². The van der Waals surface area contributed by atoms with Gasteiger partial charge in [-0.25, -0.2) is 9.59 Å². The molecule has 0 saturated carbocycles. The molecular formula is C42H35NO4. The maximum Gasteiger partial charge on any atom is 0.338 e. The third-order valence-corrected chi connectivity index (χ3v) is 8.27. The summed E-state index contributed by atoms with van der Waals surface area (Å²) in [5, 5.41) is 4.89. The van der Waals surface area contributed by atoms with Crippen molar-refractivity contribution < 1.29 is 19.1 Å². The number of ether oxygens (including phenoxy) is 2. The molecule has 6 aromatic rings. The van der Waals surface area contributed by atoms with Gasteiger partial charge in [0.15, 0.2) is 0 Å². The molecule has 232 valence electrons. The number of carbonyl (C=O) groups is 2. The van der Waals surface area contributed by atoms with Crippen LogP contribution in [0.3, 0.4) is 0 Å². The van der Waals surface area contributed by atoms with Crippen LogP contribution in [0.2, 0.25) is 0 Å². The van der Waals surface area contributed by atoms with Crippen molar-refractivity contribution in [3.05, 3.63) is 151 Å². The quantitative estimate of drug-likeness (QED) is 0.0699. The first-order valence-electron chi connectivity index (χ1n) is 15.5. The summed E-state index contributed by atoms with van der Waals surface area (Å²) in [7, 11) is 0. The first-order chi connectivity index (χ1) is 22.8. The molecule has 0 saturated heterocycles. The molecule has 0 bridgehead atoms. The number of aryl methyl sites for hydroxylation is 2. The van der Waals surface area contributed by atoms with E-state index in [0.717, 1.165) is 46.1 Å². The second kappa shape index (κ2) is 13.2. The van der Waals surface area contributed by atoms with Crippen molar-refractivity contribution in [1.82, 2.24) is 0 Å². The van der Waals surface area contributed by atoms with Gasteiger partial charge in [-0.05, 0) is 113 Å². The molecule has 0 aliphatic carbocycles. The van der Waals surface area contributed by atoms with Gasteiger partial charge in [-0.15, -0.1) is 0 Å². The van der Waals surface area contributed by atoms with Gasteiger partial charge < -0.3 is 14.4 Å². The molecule has 0 spiro atoms. The molecule has 0 heterocycles. The lowest BCUT2D eigenvalue weighted by atomic mass is 9.92. The summed E-state index contributed by atoms with van der Waals surface area (Å²) in [4.78, 5) is 26.0. The normalized spacial score (nSPS) is 10.9. The Hall–Kier alpha value is -5.94. The Kier molecular flexibility index (Phi) is 8.72. The van der Waals surface area contributed by atoms with Crippen molar-refractivity contribution in [1.29, 1.82) is 0 Å². The fraction of sp³-hybridized carbons (Fsp3) is 0.0952. The predicted octanol–water partition coefficient (Wildman–Crippen LogP) is 10.6. The number of nitrogens with zero attached hydrogens (tertiary/aromatic N) is 1. The molecule has 0 aliphatic heterocycles. The minimum Gasteiger partial charge on any atom is -0.423 e. The molecule has 6 aromatic carbocycles. The van der Waals surface area contributed by atoms with Crippen molar-refractivity contribution in [2.75, 3.05) is 4.90 Å². The van der Waals surface area contributed by atoms with Gasteiger partial charge in [0.1, 0.15) is 11.5 Å². The fourth-order valence-electron chi connectivity index (χ4n) is 5.91. The lowest BCUT2D eigenvalue weighted by Crippen LogP contribution is -2.12. The van der Waals surface area contributed by atoms with E-state index in [2.05, 4.69) is 98.6 Å². The number of esters is 2. The van der Waals surface area contributed by atoms with E-state index in [1.807, 2.05) is 24.3 Å². The highest BCUT2D eigenvalue weighted by Gasteiger charge is 2.19. The summed E-state index contributed by atoms with van der Waals surface area (Å²) in [5.74, 6) is -0.0385. The third kappa shape index (κ3) is 6.29. The summed E-state index contributed by atoms with van der Waals surface area (Å²) in [5.41, 5.74) is 7.80. The van der Waals surface area contributed by atoms with Crippen LogP contribution in [0.25, 0.3) is 32.7 Å². The van der Waals surface area contributed by atoms with Gasteiger partial charge in [-0.3, -0.25) is 0 Å². The predicted molar refractivity (Wildman–Crippen MR) is 192 cm³/mol. The highest BCUT2D eigenvalue weighted by Crippen LogP contribution is 2.43. The molecular weight excluding hydrogens is 582 g/mol. The Morgan fingerprint density at radius 1 is 0.723 bits per heavy atom. The molecule has 5 heteroatoms. The van der Waals surface area contributed by atoms with E-state index in [9.17, 15) is 9.59 Å². The molecule has 0 aromatic heterocycles. The number of benzene rings is 6. The molecule has 0 unspecified atom stereocenters. The van der Waals surface area contributed by atoms with Crippen LogP contribution in [0.5, 0.6) is 11.5 Å². The number of carbonyl (C=O) groups excluding carboxylic acids is 2. The molecule has 0 atom stereocenters. The largest absolute Gasteiger partial charge is 0.423 e. The number of hydrogen-bond donors (Lipinski definition) is 0. The SMILES string of the molecule is C=CC(=O)Oc1ccc(-c2ccc(N(c3ccc(OC(=O)C(=C)C)cc3)c3ccc(CC)c4c3ccc3cccc(C)c34)cc2)cc1. The molecule has 5 nitrogen and oxygen atoms in total. The summed E-state index contributed by atoms with van der Waals surface area (Å²) in [6.07, 6.45) is 2.05. The monoisotopic (exact) mass is 617 g/mol. The van der Waals surface area contributed by atoms with E-state index in [0.29, 0.717) is 17.1 Å². The van der Waals surface area contributed by atoms with E-state index in [-0.39, 0.29) is 0 Å². The maximum absolute atomic E-state index is 12.2. The highest BCUT2D eigenvalue weighted by atomic mass is 16.5. The fourth-order valence-corrected chi connectivity index (χ4v) is 5.91. The Morgan fingerprint density at radius 2 is 1.32 bits per heavy atom. The van der Waals surface area contributed by atoms with E-state index in [1.54, 1.807) is 31.2 Å². The zero-order chi connectivity index (χ0) is 33.1. The average Bonchev–Trinajstić information content (AvgIpc) is 3.09. The van der Waals surface area contributed by atoms with Crippen molar-refractivity contribution in [2.24, 2.45) is 0 Å². The van der Waals surface area contributed by atoms with E-state index in [4.69, 9.17) is 9.47 Å². The molecule has 6 rings (SSSR count). The number of rotatable bonds is 9. The molecule has 0 fully saturated rings. The Morgan fingerprint density at radius 3 is 1.94 bits per heavy atom. The zero-order valence-electron chi connectivity index (χ0n) is 26.7. The van der Waals surface area contributed by atoms with Crippen LogP contribution < -0.4 is 14.4 Å². The van der Waals surface area contributed by atoms with Crippen LogP contribution in [0.15, 0.2) is 140 Å². The summed E-state index contributed by atoms with van der Waals surface area (Å²) in [6.45, 7) is 13.1. The standard InChI is InChI=1S/C42H35NO4/c1-6-29-16-26-38(37-25-15-32-10-8-9-28(5)40(32)41(29)37)43(34-19-23-36(24-20-34)47-42(45)27(3)4)33-17-11-30(12-18-33)31-13-21-35(22-14-31)46-39(44)7-2/h7-26H,2-3,6H2,1,4-5H3. The Labute approximate surface area is 275 Å². The first kappa shape index (κ1) is 31.1. The minimum atomic E-state index is -0.494. The molecule has 0 amide bonds. The van der Waals surface area contributed by atoms with Gasteiger partial charge in [0, 0.05) is 28.4 Å². The van der Waals surface area contributed by atoms with Crippen LogP contribution in [0, 0.1) is 6.92 Å². The van der Waals surface area contributed by atoms with Gasteiger partial charge >= 0.3 is 11.9 Å². The summed E-state index contributed by atoms with van der Waals surface area (Å²) in [6, 6.07) is 38.6. The van der Waals surface area contributed by atoms with Gasteiger partial charge in [0.2, 0.25) is 0 Å². The third-order valence-electron chi connectivity index (χ3n) is 8.27. The van der Waals surface area contributed by atoms with E-state index in [1.165, 1.54) is 27.3 Å². The van der Waals surface area contributed by atoms with Crippen LogP contribution in [-0.2, 0) is 16.0 Å². The lowest BCUT2D eigenvalue weighted by Gasteiger charge is -2.28. The van der Waals surface area contributed by atoms with Crippen LogP contribution in [0.1, 0.15) is 25.0 Å². The van der Waals surface area contributed by atoms with Crippen LogP contribution in [-0.4, -0.2) is 11.9 Å². The van der Waals surface area contributed by atoms with Crippen LogP contribution >= 0.6 is 0 Å². The first-order valence-corrected chi connectivity index (χ1v) is 15.5. The van der Waals surface area contributed by atoms with Gasteiger partial charge in [0.05, 0.1) is 5.69 Å². The van der Waals surface area contributed by atoms with E-state index >= 15 is 0 Å². The lowest BCUT2D eigenvalue weighted by molar-refractivity contribution is -0.130. The molecule has 0 N–H and O–H groups in total. The minimum absolute atomic E-state index is 0.341. The van der Waals surface area contributed by atoms with Crippen molar-refractivity contribution in [3.63, 3.8) is 0 Å². The van der Waals surface area contributed by atoms with Crippen LogP contribution in [0.4, 0.5) is 17.1 Å². The van der Waals surface area contributed by atoms with Crippen molar-refractivity contribution in [2.45, 2.75) is 27.2 Å². The van der Waals surface area contributed by atoms with E-state index < -0.39 is 11.9 Å².